The predicted octanol–water partition coefficient (Wildman–Crippen LogP) is 3.50. The van der Waals surface area contributed by atoms with Crippen molar-refractivity contribution in [1.82, 2.24) is 0 Å². The van der Waals surface area contributed by atoms with E-state index in [9.17, 15) is 13.6 Å². The van der Waals surface area contributed by atoms with Crippen LogP contribution in [0.15, 0.2) is 28.1 Å². The summed E-state index contributed by atoms with van der Waals surface area (Å²) >= 11 is 4.33. The fourth-order valence-corrected chi connectivity index (χ4v) is 2.60. The number of primary amides is 1. The quantitative estimate of drug-likeness (QED) is 0.832. The lowest BCUT2D eigenvalue weighted by molar-refractivity contribution is 0.100. The van der Waals surface area contributed by atoms with Crippen LogP contribution in [-0.2, 0) is 6.54 Å². The second-order valence-corrected chi connectivity index (χ2v) is 5.62. The minimum atomic E-state index is -0.674. The van der Waals surface area contributed by atoms with Crippen molar-refractivity contribution in [1.29, 1.82) is 0 Å². The Balaban J connectivity index is 2.09. The van der Waals surface area contributed by atoms with Gasteiger partial charge in [0, 0.05) is 22.9 Å². The molecule has 0 saturated heterocycles. The molecule has 7 heteroatoms. The average Bonchev–Trinajstić information content (AvgIpc) is 2.81. The largest absolute Gasteiger partial charge is 0.378 e. The maximum absolute atomic E-state index is 13.5. The molecule has 0 spiro atoms. The van der Waals surface area contributed by atoms with Gasteiger partial charge in [-0.05, 0) is 28.1 Å². The number of halogens is 3. The van der Waals surface area contributed by atoms with Gasteiger partial charge in [-0.3, -0.25) is 4.79 Å². The third-order valence-corrected chi connectivity index (χ3v) is 3.95. The highest BCUT2D eigenvalue weighted by atomic mass is 79.9. The van der Waals surface area contributed by atoms with Crippen LogP contribution < -0.4 is 11.1 Å². The predicted molar refractivity (Wildman–Crippen MR) is 74.2 cm³/mol. The lowest BCUT2D eigenvalue weighted by Gasteiger charge is -2.07. The molecule has 0 bridgehead atoms. The fourth-order valence-electron chi connectivity index (χ4n) is 1.44. The van der Waals surface area contributed by atoms with Crippen molar-refractivity contribution in [2.75, 3.05) is 5.32 Å². The van der Waals surface area contributed by atoms with Gasteiger partial charge in [0.25, 0.3) is 0 Å². The molecule has 1 aromatic heterocycles. The van der Waals surface area contributed by atoms with E-state index in [1.165, 1.54) is 17.4 Å². The number of carbonyl (C=O) groups is 1. The molecule has 3 nitrogen and oxygen atoms in total. The average molecular weight is 347 g/mol. The second-order valence-electron chi connectivity index (χ2n) is 3.77. The summed E-state index contributed by atoms with van der Waals surface area (Å²) in [5.74, 6) is -1.83. The highest BCUT2D eigenvalue weighted by Crippen LogP contribution is 2.24. The summed E-state index contributed by atoms with van der Waals surface area (Å²) in [7, 11) is 0. The molecule has 1 amide bonds. The standard InChI is InChI=1S/C12H9BrF2N2OS/c13-8-2-11(10(15)3-9(8)14)17-4-7-1-6(5-19-7)12(16)18/h1-3,5,17H,4H2,(H2,16,18). The van der Waals surface area contributed by atoms with Gasteiger partial charge in [0.2, 0.25) is 5.91 Å². The highest BCUT2D eigenvalue weighted by molar-refractivity contribution is 9.10. The Morgan fingerprint density at radius 1 is 1.32 bits per heavy atom. The van der Waals surface area contributed by atoms with Crippen molar-refractivity contribution in [3.05, 3.63) is 50.1 Å². The van der Waals surface area contributed by atoms with E-state index in [2.05, 4.69) is 21.2 Å². The smallest absolute Gasteiger partial charge is 0.249 e. The first kappa shape index (κ1) is 14.0. The molecule has 1 aromatic carbocycles. The van der Waals surface area contributed by atoms with Crippen LogP contribution in [0.3, 0.4) is 0 Å². The van der Waals surface area contributed by atoms with Crippen LogP contribution in [0, 0.1) is 11.6 Å². The summed E-state index contributed by atoms with van der Waals surface area (Å²) in [4.78, 5) is 11.8. The number of rotatable bonds is 4. The number of anilines is 1. The summed E-state index contributed by atoms with van der Waals surface area (Å²) in [5.41, 5.74) is 5.74. The maximum Gasteiger partial charge on any atom is 0.249 e. The van der Waals surface area contributed by atoms with E-state index in [4.69, 9.17) is 5.73 Å². The third-order valence-electron chi connectivity index (χ3n) is 2.40. The number of nitrogens with one attached hydrogen (secondary N) is 1. The van der Waals surface area contributed by atoms with E-state index in [0.29, 0.717) is 12.1 Å². The number of hydrogen-bond donors (Lipinski definition) is 2. The van der Waals surface area contributed by atoms with Gasteiger partial charge in [-0.15, -0.1) is 11.3 Å². The Hall–Kier alpha value is -1.47. The first-order valence-electron chi connectivity index (χ1n) is 5.23. The minimum absolute atomic E-state index is 0.181. The number of benzene rings is 1. The van der Waals surface area contributed by atoms with Crippen LogP contribution in [0.2, 0.25) is 0 Å². The normalized spacial score (nSPS) is 10.5. The highest BCUT2D eigenvalue weighted by Gasteiger charge is 2.09. The molecule has 1 heterocycles. The Labute approximate surface area is 120 Å². The summed E-state index contributed by atoms with van der Waals surface area (Å²) in [6.07, 6.45) is 0. The molecule has 0 saturated carbocycles. The van der Waals surface area contributed by atoms with Crippen LogP contribution in [0.5, 0.6) is 0 Å². The second kappa shape index (κ2) is 5.66. The van der Waals surface area contributed by atoms with Crippen molar-refractivity contribution < 1.29 is 13.6 Å². The lowest BCUT2D eigenvalue weighted by Crippen LogP contribution is -2.09. The van der Waals surface area contributed by atoms with Gasteiger partial charge in [-0.25, -0.2) is 8.78 Å². The van der Waals surface area contributed by atoms with Crippen molar-refractivity contribution in [2.45, 2.75) is 6.54 Å². The first-order chi connectivity index (χ1) is 8.97. The SMILES string of the molecule is NC(=O)c1csc(CNc2cc(Br)c(F)cc2F)c1. The molecule has 0 fully saturated rings. The zero-order valence-corrected chi connectivity index (χ0v) is 11.9. The van der Waals surface area contributed by atoms with Gasteiger partial charge in [0.1, 0.15) is 11.6 Å². The van der Waals surface area contributed by atoms with Gasteiger partial charge >= 0.3 is 0 Å². The van der Waals surface area contributed by atoms with E-state index < -0.39 is 17.5 Å². The molecule has 0 aliphatic rings. The van der Waals surface area contributed by atoms with Crippen LogP contribution in [0.4, 0.5) is 14.5 Å². The Bertz CT molecular complexity index is 630. The molecule has 0 unspecified atom stereocenters. The summed E-state index contributed by atoms with van der Waals surface area (Å²) in [5, 5.41) is 4.47. The van der Waals surface area contributed by atoms with E-state index in [0.717, 1.165) is 10.9 Å². The molecule has 0 aliphatic carbocycles. The van der Waals surface area contributed by atoms with Crippen molar-refractivity contribution in [2.24, 2.45) is 5.73 Å². The Morgan fingerprint density at radius 3 is 2.68 bits per heavy atom. The van der Waals surface area contributed by atoms with E-state index >= 15 is 0 Å². The topological polar surface area (TPSA) is 55.1 Å². The Morgan fingerprint density at radius 2 is 2.05 bits per heavy atom. The monoisotopic (exact) mass is 346 g/mol. The molecule has 19 heavy (non-hydrogen) atoms. The fraction of sp³-hybridized carbons (Fsp3) is 0.0833. The van der Waals surface area contributed by atoms with Crippen molar-refractivity contribution in [3.63, 3.8) is 0 Å². The van der Waals surface area contributed by atoms with E-state index in [1.54, 1.807) is 11.4 Å². The zero-order chi connectivity index (χ0) is 14.0. The molecule has 2 rings (SSSR count). The van der Waals surface area contributed by atoms with E-state index in [-0.39, 0.29) is 10.2 Å². The van der Waals surface area contributed by atoms with Gasteiger partial charge in [-0.1, -0.05) is 0 Å². The van der Waals surface area contributed by atoms with Crippen LogP contribution in [-0.4, -0.2) is 5.91 Å². The number of carbonyl (C=O) groups excluding carboxylic acids is 1. The minimum Gasteiger partial charge on any atom is -0.378 e. The molecule has 3 N–H and O–H groups in total. The lowest BCUT2D eigenvalue weighted by atomic mass is 10.2. The van der Waals surface area contributed by atoms with Crippen LogP contribution in [0.1, 0.15) is 15.2 Å². The molecular formula is C12H9BrF2N2OS. The number of hydrogen-bond acceptors (Lipinski definition) is 3. The van der Waals surface area contributed by atoms with Gasteiger partial charge in [-0.2, -0.15) is 0 Å². The molecule has 0 aliphatic heterocycles. The summed E-state index contributed by atoms with van der Waals surface area (Å²) in [6.45, 7) is 0.326. The molecule has 100 valence electrons. The van der Waals surface area contributed by atoms with Gasteiger partial charge < -0.3 is 11.1 Å². The Kier molecular flexibility index (Phi) is 4.16. The van der Waals surface area contributed by atoms with Gasteiger partial charge in [0.15, 0.2) is 0 Å². The molecule has 0 radical (unpaired) electrons. The summed E-state index contributed by atoms with van der Waals surface area (Å²) < 4.78 is 26.7. The summed E-state index contributed by atoms with van der Waals surface area (Å²) in [6, 6.07) is 3.76. The van der Waals surface area contributed by atoms with Gasteiger partial charge in [0.05, 0.1) is 15.7 Å². The van der Waals surface area contributed by atoms with Crippen LogP contribution >= 0.6 is 27.3 Å². The number of amides is 1. The van der Waals surface area contributed by atoms with Crippen molar-refractivity contribution in [3.8, 4) is 0 Å². The zero-order valence-electron chi connectivity index (χ0n) is 9.54. The van der Waals surface area contributed by atoms with Crippen LogP contribution in [0.25, 0.3) is 0 Å². The first-order valence-corrected chi connectivity index (χ1v) is 6.90. The van der Waals surface area contributed by atoms with E-state index in [1.807, 2.05) is 0 Å². The third kappa shape index (κ3) is 3.30. The molecule has 0 atom stereocenters. The maximum atomic E-state index is 13.5. The van der Waals surface area contributed by atoms with Crippen molar-refractivity contribution >= 4 is 38.9 Å². The molecule has 2 aromatic rings. The number of thiophene rings is 1. The molecular weight excluding hydrogens is 338 g/mol. The number of nitrogens with two attached hydrogens (primary N) is 1.